The van der Waals surface area contributed by atoms with Gasteiger partial charge in [-0.25, -0.2) is 0 Å². The van der Waals surface area contributed by atoms with Gasteiger partial charge in [0, 0.05) is 30.9 Å². The molecule has 37 heavy (non-hydrogen) atoms. The number of likely N-dealkylation sites (tertiary alicyclic amines) is 1. The summed E-state index contributed by atoms with van der Waals surface area (Å²) in [6, 6.07) is 25.9. The second-order valence-electron chi connectivity index (χ2n) is 8.74. The maximum Gasteiger partial charge on any atom is 0.373 e. The van der Waals surface area contributed by atoms with Crippen LogP contribution in [0.4, 0.5) is 5.69 Å². The van der Waals surface area contributed by atoms with Crippen LogP contribution < -0.4 is 10.6 Å². The lowest BCUT2D eigenvalue weighted by Gasteiger charge is -2.24. The summed E-state index contributed by atoms with van der Waals surface area (Å²) in [4.78, 5) is 45.7. The smallest absolute Gasteiger partial charge is 0.340 e. The van der Waals surface area contributed by atoms with E-state index in [1.807, 2.05) is 54.6 Å². The van der Waals surface area contributed by atoms with Gasteiger partial charge in [0.05, 0.1) is 0 Å². The molecule has 2 amide bonds. The molecule has 0 unspecified atom stereocenters. The molecule has 0 saturated carbocycles. The Kier molecular flexibility index (Phi) is 10.1. The van der Waals surface area contributed by atoms with Crippen molar-refractivity contribution in [3.8, 4) is 11.1 Å². The normalized spacial score (nSPS) is 14.5. The highest BCUT2D eigenvalue weighted by Crippen LogP contribution is 2.25. The molecule has 190 valence electrons. The van der Waals surface area contributed by atoms with Gasteiger partial charge in [0.2, 0.25) is 5.91 Å². The summed E-state index contributed by atoms with van der Waals surface area (Å²) in [5.41, 5.74) is 11.1. The fourth-order valence-electron chi connectivity index (χ4n) is 4.17. The van der Waals surface area contributed by atoms with Crippen LogP contribution in [-0.2, 0) is 25.6 Å². The predicted octanol–water partition coefficient (Wildman–Crippen LogP) is 3.94. The summed E-state index contributed by atoms with van der Waals surface area (Å²) in [5.74, 6) is -0.324. The molecule has 1 heterocycles. The lowest BCUT2D eigenvalue weighted by molar-refractivity contribution is -0.191. The van der Waals surface area contributed by atoms with E-state index in [4.69, 9.17) is 15.3 Å². The highest BCUT2D eigenvalue weighted by atomic mass is 16.2. The molecular formula is C30H31N3O4. The van der Waals surface area contributed by atoms with Gasteiger partial charge in [-0.2, -0.15) is 9.59 Å². The molecule has 0 aromatic heterocycles. The Morgan fingerprint density at radius 3 is 2.32 bits per heavy atom. The Bertz CT molecular complexity index is 1250. The highest BCUT2D eigenvalue weighted by molar-refractivity contribution is 6.06. The monoisotopic (exact) mass is 497 g/mol. The van der Waals surface area contributed by atoms with E-state index in [2.05, 4.69) is 31.2 Å². The number of carbonyl (C=O) groups excluding carboxylic acids is 4. The Hall–Kier alpha value is -4.32. The summed E-state index contributed by atoms with van der Waals surface area (Å²) in [5, 5.41) is 0. The van der Waals surface area contributed by atoms with E-state index in [0.717, 1.165) is 29.5 Å². The Balaban J connectivity index is 0.00000121. The molecule has 1 aliphatic heterocycles. The largest absolute Gasteiger partial charge is 0.373 e. The van der Waals surface area contributed by atoms with Crippen LogP contribution in [0.15, 0.2) is 84.9 Å². The van der Waals surface area contributed by atoms with Crippen molar-refractivity contribution in [2.24, 2.45) is 5.73 Å². The number of aryl methyl sites for hydroxylation is 1. The van der Waals surface area contributed by atoms with Crippen molar-refractivity contribution >= 4 is 29.7 Å². The van der Waals surface area contributed by atoms with Gasteiger partial charge in [-0.3, -0.25) is 14.5 Å². The number of nitrogens with zero attached hydrogens (tertiary/aromatic N) is 2. The third-order valence-corrected chi connectivity index (χ3v) is 6.20. The molecule has 0 bridgehead atoms. The summed E-state index contributed by atoms with van der Waals surface area (Å²) in [6.45, 7) is 3.29. The van der Waals surface area contributed by atoms with Crippen molar-refractivity contribution in [3.63, 3.8) is 0 Å². The number of amides is 2. The predicted molar refractivity (Wildman–Crippen MR) is 143 cm³/mol. The summed E-state index contributed by atoms with van der Waals surface area (Å²) in [7, 11) is 0. The van der Waals surface area contributed by atoms with Crippen molar-refractivity contribution in [3.05, 3.63) is 96.1 Å². The quantitative estimate of drug-likeness (QED) is 0.499. The van der Waals surface area contributed by atoms with Crippen LogP contribution in [0.25, 0.3) is 17.2 Å². The third-order valence-electron chi connectivity index (χ3n) is 6.20. The van der Waals surface area contributed by atoms with Gasteiger partial charge in [0.15, 0.2) is 0 Å². The number of carbonyl (C=O) groups is 2. The first-order valence-corrected chi connectivity index (χ1v) is 12.2. The van der Waals surface area contributed by atoms with Crippen LogP contribution in [0.1, 0.15) is 24.5 Å². The van der Waals surface area contributed by atoms with Gasteiger partial charge in [-0.05, 0) is 53.3 Å². The molecule has 7 heteroatoms. The summed E-state index contributed by atoms with van der Waals surface area (Å²) >= 11 is 0. The van der Waals surface area contributed by atoms with Gasteiger partial charge in [0.25, 0.3) is 5.91 Å². The third kappa shape index (κ3) is 7.84. The van der Waals surface area contributed by atoms with Crippen LogP contribution in [0.3, 0.4) is 0 Å². The lowest BCUT2D eigenvalue weighted by atomic mass is 10.0. The average molecular weight is 498 g/mol. The summed E-state index contributed by atoms with van der Waals surface area (Å²) < 4.78 is 0. The van der Waals surface area contributed by atoms with E-state index in [-0.39, 0.29) is 30.6 Å². The van der Waals surface area contributed by atoms with Crippen LogP contribution in [-0.4, -0.2) is 48.5 Å². The van der Waals surface area contributed by atoms with E-state index in [1.54, 1.807) is 11.0 Å². The summed E-state index contributed by atoms with van der Waals surface area (Å²) in [6.07, 6.45) is 5.32. The maximum absolute atomic E-state index is 13.2. The van der Waals surface area contributed by atoms with E-state index < -0.39 is 0 Å². The Labute approximate surface area is 217 Å². The minimum absolute atomic E-state index is 0.00393. The fraction of sp³-hybridized carbons (Fsp3) is 0.233. The van der Waals surface area contributed by atoms with E-state index in [0.29, 0.717) is 18.8 Å². The van der Waals surface area contributed by atoms with E-state index >= 15 is 0 Å². The number of rotatable bonds is 7. The molecule has 3 aromatic rings. The first kappa shape index (κ1) is 27.3. The van der Waals surface area contributed by atoms with Gasteiger partial charge in [-0.15, -0.1) is 0 Å². The SMILES string of the molecule is CCc1cccc(-c2ccc(N(CC(=O)N3CC[C@H](N)C3)C(=O)/C=C/c3ccccc3)cc2)c1.O=C=O. The highest BCUT2D eigenvalue weighted by Gasteiger charge is 2.26. The standard InChI is InChI=1S/C29H31N3O2.CO2/c1-2-22-9-6-10-25(19-22)24-12-14-27(15-13-24)32(21-29(34)31-18-17-26(30)20-31)28(33)16-11-23-7-4-3-5-8-23;2-1-3/h3-16,19,26H,2,17-18,20-21,30H2,1H3;/b16-11+;/t26-;/m0./s1. The zero-order valence-corrected chi connectivity index (χ0v) is 20.9. The molecule has 7 nitrogen and oxygen atoms in total. The van der Waals surface area contributed by atoms with Crippen LogP contribution in [0.2, 0.25) is 0 Å². The van der Waals surface area contributed by atoms with Crippen molar-refractivity contribution in [2.75, 3.05) is 24.5 Å². The van der Waals surface area contributed by atoms with E-state index in [9.17, 15) is 9.59 Å². The molecular weight excluding hydrogens is 466 g/mol. The molecule has 0 spiro atoms. The Morgan fingerprint density at radius 2 is 1.70 bits per heavy atom. The van der Waals surface area contributed by atoms with Crippen LogP contribution in [0, 0.1) is 0 Å². The second kappa shape index (κ2) is 13.7. The van der Waals surface area contributed by atoms with Gasteiger partial charge >= 0.3 is 6.15 Å². The molecule has 1 aliphatic rings. The van der Waals surface area contributed by atoms with Crippen molar-refractivity contribution < 1.29 is 19.2 Å². The minimum atomic E-state index is -0.235. The zero-order valence-electron chi connectivity index (χ0n) is 20.9. The van der Waals surface area contributed by atoms with E-state index in [1.165, 1.54) is 16.5 Å². The first-order valence-electron chi connectivity index (χ1n) is 12.2. The number of hydrogen-bond donors (Lipinski definition) is 1. The molecule has 2 N–H and O–H groups in total. The van der Waals surface area contributed by atoms with Crippen molar-refractivity contribution in [2.45, 2.75) is 25.8 Å². The Morgan fingerprint density at radius 1 is 1.00 bits per heavy atom. The minimum Gasteiger partial charge on any atom is -0.340 e. The van der Waals surface area contributed by atoms with Crippen molar-refractivity contribution in [1.82, 2.24) is 4.90 Å². The van der Waals surface area contributed by atoms with Gasteiger partial charge in [0.1, 0.15) is 6.54 Å². The van der Waals surface area contributed by atoms with Crippen LogP contribution in [0.5, 0.6) is 0 Å². The molecule has 1 atom stereocenters. The fourth-order valence-corrected chi connectivity index (χ4v) is 4.17. The topological polar surface area (TPSA) is 101 Å². The average Bonchev–Trinajstić information content (AvgIpc) is 3.38. The number of nitrogens with two attached hydrogens (primary N) is 1. The maximum atomic E-state index is 13.2. The van der Waals surface area contributed by atoms with Gasteiger partial charge < -0.3 is 10.6 Å². The van der Waals surface area contributed by atoms with Gasteiger partial charge in [-0.1, -0.05) is 73.7 Å². The number of anilines is 1. The lowest BCUT2D eigenvalue weighted by Crippen LogP contribution is -2.42. The van der Waals surface area contributed by atoms with Crippen molar-refractivity contribution in [1.29, 1.82) is 0 Å². The molecule has 0 aliphatic carbocycles. The molecule has 1 saturated heterocycles. The molecule has 0 radical (unpaired) electrons. The number of hydrogen-bond acceptors (Lipinski definition) is 5. The molecule has 1 fully saturated rings. The molecule has 4 rings (SSSR count). The second-order valence-corrected chi connectivity index (χ2v) is 8.74. The first-order chi connectivity index (χ1) is 17.9. The van der Waals surface area contributed by atoms with Crippen LogP contribution >= 0.6 is 0 Å². The molecule has 3 aromatic carbocycles. The zero-order chi connectivity index (χ0) is 26.6. The number of benzene rings is 3.